The van der Waals surface area contributed by atoms with Crippen molar-refractivity contribution < 1.29 is 12.6 Å². The second kappa shape index (κ2) is 8.89. The van der Waals surface area contributed by atoms with Crippen LogP contribution in [0.5, 0.6) is 5.75 Å². The molecule has 0 aliphatic heterocycles. The third-order valence-electron chi connectivity index (χ3n) is 4.63. The highest BCUT2D eigenvalue weighted by atomic mass is 32.2. The number of nitrogens with two attached hydrogens (primary N) is 1. The van der Waals surface area contributed by atoms with Gasteiger partial charge in [0.15, 0.2) is 0 Å². The Kier molecular flexibility index (Phi) is 5.85. The average Bonchev–Trinajstić information content (AvgIpc) is 3.32. The highest BCUT2D eigenvalue weighted by Gasteiger charge is 2.15. The van der Waals surface area contributed by atoms with Gasteiger partial charge in [-0.25, -0.2) is 4.98 Å². The first-order valence-electron chi connectivity index (χ1n) is 9.46. The van der Waals surface area contributed by atoms with Crippen LogP contribution in [-0.2, 0) is 16.8 Å². The van der Waals surface area contributed by atoms with Crippen LogP contribution in [0.25, 0.3) is 11.1 Å². The first-order chi connectivity index (χ1) is 15.4. The molecule has 1 heterocycles. The van der Waals surface area contributed by atoms with E-state index in [1.807, 2.05) is 47.5 Å². The third-order valence-corrected chi connectivity index (χ3v) is 5.05. The van der Waals surface area contributed by atoms with E-state index in [0.717, 1.165) is 22.4 Å². The summed E-state index contributed by atoms with van der Waals surface area (Å²) in [6, 6.07) is 23.9. The van der Waals surface area contributed by atoms with Crippen LogP contribution < -0.4 is 14.3 Å². The van der Waals surface area contributed by atoms with E-state index in [-0.39, 0.29) is 5.75 Å². The summed E-state index contributed by atoms with van der Waals surface area (Å²) >= 11 is 0. The molecule has 10 heteroatoms. The van der Waals surface area contributed by atoms with Gasteiger partial charge >= 0.3 is 10.3 Å². The van der Waals surface area contributed by atoms with Crippen LogP contribution in [-0.4, -0.2) is 23.3 Å². The van der Waals surface area contributed by atoms with Crippen molar-refractivity contribution in [3.63, 3.8) is 0 Å². The van der Waals surface area contributed by atoms with Crippen LogP contribution in [0.15, 0.2) is 85.5 Å². The van der Waals surface area contributed by atoms with Gasteiger partial charge in [0.25, 0.3) is 0 Å². The molecule has 0 aliphatic rings. The number of rotatable bonds is 7. The van der Waals surface area contributed by atoms with Crippen molar-refractivity contribution in [2.75, 3.05) is 5.01 Å². The van der Waals surface area contributed by atoms with Gasteiger partial charge in [-0.1, -0.05) is 42.5 Å². The van der Waals surface area contributed by atoms with Crippen molar-refractivity contribution in [2.45, 2.75) is 6.54 Å². The maximum absolute atomic E-state index is 11.1. The minimum atomic E-state index is -4.09. The van der Waals surface area contributed by atoms with Gasteiger partial charge in [-0.15, -0.1) is 5.10 Å². The molecular formula is C22H18N6O3S. The second-order valence-corrected chi connectivity index (χ2v) is 7.95. The van der Waals surface area contributed by atoms with Crippen molar-refractivity contribution in [3.05, 3.63) is 96.6 Å². The molecule has 32 heavy (non-hydrogen) atoms. The number of nitrogens with zero attached hydrogens (tertiary/aromatic N) is 5. The molecule has 2 N–H and O–H groups in total. The average molecular weight is 446 g/mol. The quantitative estimate of drug-likeness (QED) is 0.462. The van der Waals surface area contributed by atoms with E-state index in [1.165, 1.54) is 18.5 Å². The van der Waals surface area contributed by atoms with Crippen molar-refractivity contribution in [2.24, 2.45) is 5.14 Å². The van der Waals surface area contributed by atoms with Crippen molar-refractivity contribution in [1.29, 1.82) is 5.26 Å². The van der Waals surface area contributed by atoms with E-state index in [0.29, 0.717) is 12.1 Å². The number of aromatic nitrogens is 3. The fraction of sp³-hybridized carbons (Fsp3) is 0.0455. The third kappa shape index (κ3) is 4.92. The zero-order chi connectivity index (χ0) is 22.6. The number of hydrogen-bond acceptors (Lipinski definition) is 7. The highest BCUT2D eigenvalue weighted by Crippen LogP contribution is 2.29. The molecule has 0 amide bonds. The normalized spacial score (nSPS) is 11.0. The van der Waals surface area contributed by atoms with Crippen LogP contribution in [0.3, 0.4) is 0 Å². The van der Waals surface area contributed by atoms with E-state index >= 15 is 0 Å². The molecule has 0 saturated carbocycles. The number of anilines is 1. The lowest BCUT2D eigenvalue weighted by Crippen LogP contribution is -2.29. The molecule has 160 valence electrons. The van der Waals surface area contributed by atoms with Gasteiger partial charge in [0.2, 0.25) is 0 Å². The Morgan fingerprint density at radius 2 is 1.81 bits per heavy atom. The molecule has 0 atom stereocenters. The van der Waals surface area contributed by atoms with Crippen molar-refractivity contribution in [1.82, 2.24) is 14.9 Å². The topological polar surface area (TPSA) is 127 Å². The van der Waals surface area contributed by atoms with Crippen LogP contribution in [0.2, 0.25) is 0 Å². The SMILES string of the molecule is N#Cc1ccc(N(Cc2ccc(OS(N)(=O)=O)cc2)n2cncn2)cc1-c1ccccc1. The molecule has 0 unspecified atom stereocenters. The Hall–Kier alpha value is -4.20. The lowest BCUT2D eigenvalue weighted by atomic mass is 9.99. The summed E-state index contributed by atoms with van der Waals surface area (Å²) in [5, 5.41) is 20.6. The molecule has 4 aromatic rings. The molecule has 0 saturated heterocycles. The predicted molar refractivity (Wildman–Crippen MR) is 118 cm³/mol. The Morgan fingerprint density at radius 1 is 1.06 bits per heavy atom. The zero-order valence-corrected chi connectivity index (χ0v) is 17.6. The van der Waals surface area contributed by atoms with Gasteiger partial charge in [0.1, 0.15) is 18.4 Å². The fourth-order valence-corrected chi connectivity index (χ4v) is 3.59. The van der Waals surface area contributed by atoms with E-state index in [4.69, 9.17) is 5.14 Å². The molecule has 0 fully saturated rings. The number of hydrogen-bond donors (Lipinski definition) is 1. The molecule has 1 aromatic heterocycles. The predicted octanol–water partition coefficient (Wildman–Crippen LogP) is 2.87. The zero-order valence-electron chi connectivity index (χ0n) is 16.7. The minimum absolute atomic E-state index is 0.119. The van der Waals surface area contributed by atoms with Gasteiger partial charge in [-0.05, 0) is 41.5 Å². The van der Waals surface area contributed by atoms with E-state index in [2.05, 4.69) is 20.3 Å². The van der Waals surface area contributed by atoms with Gasteiger partial charge in [0.05, 0.1) is 23.9 Å². The number of benzene rings is 3. The smallest absolute Gasteiger partial charge is 0.371 e. The van der Waals surface area contributed by atoms with E-state index in [9.17, 15) is 13.7 Å². The van der Waals surface area contributed by atoms with E-state index < -0.39 is 10.3 Å². The van der Waals surface area contributed by atoms with Crippen LogP contribution in [0.4, 0.5) is 5.69 Å². The lowest BCUT2D eigenvalue weighted by Gasteiger charge is -2.25. The van der Waals surface area contributed by atoms with Gasteiger partial charge < -0.3 is 4.18 Å². The Bertz CT molecular complexity index is 1350. The molecule has 0 bridgehead atoms. The monoisotopic (exact) mass is 446 g/mol. The first kappa shape index (κ1) is 21.0. The Balaban J connectivity index is 1.70. The van der Waals surface area contributed by atoms with Gasteiger partial charge in [-0.3, -0.25) is 5.01 Å². The molecule has 4 rings (SSSR count). The lowest BCUT2D eigenvalue weighted by molar-refractivity contribution is 0.487. The summed E-state index contributed by atoms with van der Waals surface area (Å²) in [6.45, 7) is 0.388. The van der Waals surface area contributed by atoms with Crippen LogP contribution >= 0.6 is 0 Å². The largest absolute Gasteiger partial charge is 0.380 e. The van der Waals surface area contributed by atoms with Crippen LogP contribution in [0.1, 0.15) is 11.1 Å². The van der Waals surface area contributed by atoms with Crippen molar-refractivity contribution in [3.8, 4) is 22.9 Å². The molecule has 0 radical (unpaired) electrons. The Labute approximate surface area is 185 Å². The first-order valence-corrected chi connectivity index (χ1v) is 10.9. The van der Waals surface area contributed by atoms with Gasteiger partial charge in [-0.2, -0.15) is 23.6 Å². The highest BCUT2D eigenvalue weighted by molar-refractivity contribution is 7.84. The maximum Gasteiger partial charge on any atom is 0.380 e. The Morgan fingerprint density at radius 3 is 2.44 bits per heavy atom. The molecule has 0 aliphatic carbocycles. The summed E-state index contributed by atoms with van der Waals surface area (Å²) in [7, 11) is -4.09. The summed E-state index contributed by atoms with van der Waals surface area (Å²) in [5.41, 5.74) is 3.93. The standard InChI is InChI=1S/C22H18N6O3S/c23-13-19-8-9-20(12-22(19)18-4-2-1-3-5-18)27(28-16-25-15-26-28)14-17-6-10-21(11-7-17)31-32(24,29)30/h1-12,15-16H,14H2,(H2,24,29,30). The summed E-state index contributed by atoms with van der Waals surface area (Å²) in [6.07, 6.45) is 3.00. The van der Waals surface area contributed by atoms with E-state index in [1.54, 1.807) is 29.3 Å². The minimum Gasteiger partial charge on any atom is -0.371 e. The molecule has 3 aromatic carbocycles. The van der Waals surface area contributed by atoms with Crippen LogP contribution in [0, 0.1) is 11.3 Å². The molecular weight excluding hydrogens is 428 g/mol. The molecule has 9 nitrogen and oxygen atoms in total. The maximum atomic E-state index is 11.1. The van der Waals surface area contributed by atoms with Gasteiger partial charge in [0, 0.05) is 5.56 Å². The summed E-state index contributed by atoms with van der Waals surface area (Å²) in [5.74, 6) is 0.119. The number of nitriles is 1. The summed E-state index contributed by atoms with van der Waals surface area (Å²) in [4.78, 5) is 5.62. The summed E-state index contributed by atoms with van der Waals surface area (Å²) < 4.78 is 26.9. The second-order valence-electron chi connectivity index (χ2n) is 6.80. The van der Waals surface area contributed by atoms with Crippen molar-refractivity contribution >= 4 is 16.0 Å². The molecule has 0 spiro atoms. The fourth-order valence-electron chi connectivity index (χ4n) is 3.21.